The van der Waals surface area contributed by atoms with Gasteiger partial charge in [0.05, 0.1) is 31.2 Å². The van der Waals surface area contributed by atoms with Gasteiger partial charge in [-0.1, -0.05) is 12.1 Å². The molecule has 0 radical (unpaired) electrons. The van der Waals surface area contributed by atoms with E-state index in [2.05, 4.69) is 5.32 Å². The van der Waals surface area contributed by atoms with Gasteiger partial charge in [0.15, 0.2) is 0 Å². The monoisotopic (exact) mass is 420 g/mol. The molecule has 8 nitrogen and oxygen atoms in total. The molecule has 0 saturated carbocycles. The number of benzene rings is 2. The number of ether oxygens (including phenoxy) is 2. The Kier molecular flexibility index (Phi) is 7.22. The van der Waals surface area contributed by atoms with E-state index in [4.69, 9.17) is 9.47 Å². The Morgan fingerprint density at radius 3 is 2.48 bits per heavy atom. The zero-order valence-corrected chi connectivity index (χ0v) is 17.6. The van der Waals surface area contributed by atoms with Gasteiger partial charge in [0.1, 0.15) is 12.3 Å². The first kappa shape index (κ1) is 22.2. The molecule has 1 N–H and O–H groups in total. The van der Waals surface area contributed by atoms with Gasteiger partial charge >= 0.3 is 5.97 Å². The number of sulfonamides is 1. The molecule has 0 atom stereocenters. The summed E-state index contributed by atoms with van der Waals surface area (Å²) in [7, 11) is -2.34. The molecule has 0 spiro atoms. The maximum Gasteiger partial charge on any atom is 0.338 e. The summed E-state index contributed by atoms with van der Waals surface area (Å²) in [5.74, 6) is -0.746. The van der Waals surface area contributed by atoms with Crippen LogP contribution in [0.15, 0.2) is 42.5 Å². The van der Waals surface area contributed by atoms with E-state index in [1.807, 2.05) is 6.92 Å². The molecule has 29 heavy (non-hydrogen) atoms. The number of nitrogens with zero attached hydrogens (tertiary/aromatic N) is 1. The molecule has 0 fully saturated rings. The molecule has 0 saturated heterocycles. The Morgan fingerprint density at radius 1 is 1.14 bits per heavy atom. The standard InChI is InChI=1S/C20H24N2O6S/c1-5-28-20(24)15-7-6-8-16(12-15)21-19(23)13-22(29(4,25)26)17-11-14(2)9-10-18(17)27-3/h6-12H,5,13H2,1-4H3,(H,21,23). The van der Waals surface area contributed by atoms with E-state index in [1.54, 1.807) is 43.3 Å². The third-order valence-corrected chi connectivity index (χ3v) is 5.07. The molecule has 9 heteroatoms. The Morgan fingerprint density at radius 2 is 1.86 bits per heavy atom. The van der Waals surface area contributed by atoms with Crippen LogP contribution in [0.3, 0.4) is 0 Å². The predicted octanol–water partition coefficient (Wildman–Crippen LogP) is 2.59. The lowest BCUT2D eigenvalue weighted by atomic mass is 10.2. The predicted molar refractivity (Wildman–Crippen MR) is 111 cm³/mol. The highest BCUT2D eigenvalue weighted by atomic mass is 32.2. The molecular formula is C20H24N2O6S. The van der Waals surface area contributed by atoms with Gasteiger partial charge in [0.25, 0.3) is 0 Å². The van der Waals surface area contributed by atoms with Gasteiger partial charge in [-0.25, -0.2) is 13.2 Å². The molecule has 0 unspecified atom stereocenters. The molecule has 0 aliphatic heterocycles. The summed E-state index contributed by atoms with van der Waals surface area (Å²) in [6.45, 7) is 3.28. The van der Waals surface area contributed by atoms with Gasteiger partial charge in [-0.05, 0) is 49.7 Å². The van der Waals surface area contributed by atoms with E-state index in [-0.39, 0.29) is 17.9 Å². The summed E-state index contributed by atoms with van der Waals surface area (Å²) in [5.41, 5.74) is 1.72. The minimum Gasteiger partial charge on any atom is -0.495 e. The van der Waals surface area contributed by atoms with Crippen LogP contribution in [-0.4, -0.2) is 46.8 Å². The normalized spacial score (nSPS) is 10.9. The highest BCUT2D eigenvalue weighted by molar-refractivity contribution is 7.92. The minimum atomic E-state index is -3.77. The number of rotatable bonds is 8. The number of amides is 1. The van der Waals surface area contributed by atoms with Gasteiger partial charge in [0, 0.05) is 5.69 Å². The van der Waals surface area contributed by atoms with Crippen LogP contribution in [0.1, 0.15) is 22.8 Å². The largest absolute Gasteiger partial charge is 0.495 e. The zero-order valence-electron chi connectivity index (χ0n) is 16.8. The van der Waals surface area contributed by atoms with Crippen molar-refractivity contribution in [3.8, 4) is 5.75 Å². The number of methoxy groups -OCH3 is 1. The summed E-state index contributed by atoms with van der Waals surface area (Å²) < 4.78 is 35.9. The van der Waals surface area contributed by atoms with Crippen molar-refractivity contribution < 1.29 is 27.5 Å². The number of nitrogens with one attached hydrogen (secondary N) is 1. The molecule has 1 amide bonds. The van der Waals surface area contributed by atoms with Crippen molar-refractivity contribution in [3.63, 3.8) is 0 Å². The number of carbonyl (C=O) groups excluding carboxylic acids is 2. The van der Waals surface area contributed by atoms with Crippen LogP contribution in [0.25, 0.3) is 0 Å². The molecule has 2 aromatic rings. The summed E-state index contributed by atoms with van der Waals surface area (Å²) in [6, 6.07) is 11.3. The molecular weight excluding hydrogens is 396 g/mol. The smallest absolute Gasteiger partial charge is 0.338 e. The van der Waals surface area contributed by atoms with Crippen molar-refractivity contribution in [2.45, 2.75) is 13.8 Å². The number of anilines is 2. The highest BCUT2D eigenvalue weighted by Gasteiger charge is 2.24. The quantitative estimate of drug-likeness (QED) is 0.659. The van der Waals surface area contributed by atoms with Gasteiger partial charge in [-0.3, -0.25) is 9.10 Å². The lowest BCUT2D eigenvalue weighted by Crippen LogP contribution is -2.37. The fourth-order valence-corrected chi connectivity index (χ4v) is 3.50. The summed E-state index contributed by atoms with van der Waals surface area (Å²) >= 11 is 0. The number of carbonyl (C=O) groups is 2. The zero-order chi connectivity index (χ0) is 21.6. The first-order valence-electron chi connectivity index (χ1n) is 8.85. The second-order valence-electron chi connectivity index (χ2n) is 6.29. The first-order valence-corrected chi connectivity index (χ1v) is 10.7. The number of hydrogen-bond donors (Lipinski definition) is 1. The van der Waals surface area contributed by atoms with Gasteiger partial charge < -0.3 is 14.8 Å². The maximum absolute atomic E-state index is 12.6. The topological polar surface area (TPSA) is 102 Å². The first-order chi connectivity index (χ1) is 13.7. The molecule has 0 heterocycles. The van der Waals surface area contributed by atoms with Crippen molar-refractivity contribution in [1.82, 2.24) is 0 Å². The van der Waals surface area contributed by atoms with Crippen LogP contribution in [0.4, 0.5) is 11.4 Å². The number of hydrogen-bond acceptors (Lipinski definition) is 6. The van der Waals surface area contributed by atoms with Crippen molar-refractivity contribution in [3.05, 3.63) is 53.6 Å². The van der Waals surface area contributed by atoms with E-state index >= 15 is 0 Å². The molecule has 156 valence electrons. The molecule has 0 aliphatic carbocycles. The second-order valence-corrected chi connectivity index (χ2v) is 8.20. The summed E-state index contributed by atoms with van der Waals surface area (Å²) in [5, 5.41) is 2.61. The maximum atomic E-state index is 12.6. The highest BCUT2D eigenvalue weighted by Crippen LogP contribution is 2.31. The third kappa shape index (κ3) is 5.95. The third-order valence-electron chi connectivity index (χ3n) is 3.95. The fourth-order valence-electron chi connectivity index (χ4n) is 2.65. The van der Waals surface area contributed by atoms with Crippen molar-refractivity contribution in [1.29, 1.82) is 0 Å². The van der Waals surface area contributed by atoms with Crippen molar-refractivity contribution >= 4 is 33.3 Å². The van der Waals surface area contributed by atoms with Gasteiger partial charge in [0.2, 0.25) is 15.9 Å². The van der Waals surface area contributed by atoms with E-state index in [0.717, 1.165) is 16.1 Å². The fraction of sp³-hybridized carbons (Fsp3) is 0.300. The van der Waals surface area contributed by atoms with Gasteiger partial charge in [-0.2, -0.15) is 0 Å². The SMILES string of the molecule is CCOC(=O)c1cccc(NC(=O)CN(c2cc(C)ccc2OC)S(C)(=O)=O)c1. The molecule has 2 aromatic carbocycles. The Bertz CT molecular complexity index is 1000. The van der Waals surface area contributed by atoms with E-state index < -0.39 is 28.4 Å². The van der Waals surface area contributed by atoms with Crippen LogP contribution < -0.4 is 14.4 Å². The average molecular weight is 420 g/mol. The molecule has 2 rings (SSSR count). The number of esters is 1. The average Bonchev–Trinajstić information content (AvgIpc) is 2.65. The summed E-state index contributed by atoms with van der Waals surface area (Å²) in [6.07, 6.45) is 1.02. The molecule has 0 aliphatic rings. The van der Waals surface area contributed by atoms with Crippen LogP contribution in [0.2, 0.25) is 0 Å². The van der Waals surface area contributed by atoms with Crippen LogP contribution >= 0.6 is 0 Å². The van der Waals surface area contributed by atoms with E-state index in [9.17, 15) is 18.0 Å². The lowest BCUT2D eigenvalue weighted by molar-refractivity contribution is -0.114. The van der Waals surface area contributed by atoms with Gasteiger partial charge in [-0.15, -0.1) is 0 Å². The molecule has 0 bridgehead atoms. The second kappa shape index (κ2) is 9.42. The van der Waals surface area contributed by atoms with Crippen LogP contribution in [0, 0.1) is 6.92 Å². The van der Waals surface area contributed by atoms with E-state index in [1.165, 1.54) is 13.2 Å². The molecule has 0 aromatic heterocycles. The lowest BCUT2D eigenvalue weighted by Gasteiger charge is -2.24. The number of aryl methyl sites for hydroxylation is 1. The van der Waals surface area contributed by atoms with E-state index in [0.29, 0.717) is 11.4 Å². The summed E-state index contributed by atoms with van der Waals surface area (Å²) in [4.78, 5) is 24.4. The van der Waals surface area contributed by atoms with Crippen LogP contribution in [-0.2, 0) is 19.6 Å². The Labute approximate surface area is 170 Å². The van der Waals surface area contributed by atoms with Crippen molar-refractivity contribution in [2.24, 2.45) is 0 Å². The van der Waals surface area contributed by atoms with Crippen LogP contribution in [0.5, 0.6) is 5.75 Å². The Balaban J connectivity index is 2.26. The Hall–Kier alpha value is -3.07. The minimum absolute atomic E-state index is 0.233. The van der Waals surface area contributed by atoms with Crippen molar-refractivity contribution in [2.75, 3.05) is 36.1 Å².